The Labute approximate surface area is 69.0 Å². The van der Waals surface area contributed by atoms with E-state index in [0.717, 1.165) is 6.42 Å². The highest BCUT2D eigenvalue weighted by atomic mass is 16.4. The second-order valence-electron chi connectivity index (χ2n) is 3.03. The Morgan fingerprint density at radius 1 is 1.58 bits per heavy atom. The summed E-state index contributed by atoms with van der Waals surface area (Å²) in [6.45, 7) is 0. The summed E-state index contributed by atoms with van der Waals surface area (Å²) in [5.41, 5.74) is -0.795. The van der Waals surface area contributed by atoms with Gasteiger partial charge in [0.2, 0.25) is 0 Å². The monoisotopic (exact) mass is 167 g/mol. The molecule has 0 spiro atoms. The Balaban J connectivity index is 2.35. The number of carboxylic acid groups (broad SMARTS) is 1. The van der Waals surface area contributed by atoms with Crippen molar-refractivity contribution >= 4 is 5.97 Å². The van der Waals surface area contributed by atoms with E-state index in [1.54, 1.807) is 0 Å². The Kier molecular flexibility index (Phi) is 1.39. The van der Waals surface area contributed by atoms with Crippen LogP contribution in [-0.4, -0.2) is 25.8 Å². The van der Waals surface area contributed by atoms with E-state index >= 15 is 0 Å². The topological polar surface area (TPSA) is 68.0 Å². The van der Waals surface area contributed by atoms with Crippen molar-refractivity contribution in [2.24, 2.45) is 0 Å². The molecule has 0 saturated heterocycles. The first-order chi connectivity index (χ1) is 5.76. The Morgan fingerprint density at radius 3 is 2.67 bits per heavy atom. The molecule has 0 aliphatic heterocycles. The first-order valence-corrected chi connectivity index (χ1v) is 3.84. The van der Waals surface area contributed by atoms with Crippen LogP contribution in [0.3, 0.4) is 0 Å². The van der Waals surface area contributed by atoms with Gasteiger partial charge in [0.1, 0.15) is 12.7 Å². The van der Waals surface area contributed by atoms with Crippen LogP contribution in [0.2, 0.25) is 0 Å². The van der Waals surface area contributed by atoms with E-state index in [1.165, 1.54) is 17.3 Å². The van der Waals surface area contributed by atoms with Gasteiger partial charge in [0.15, 0.2) is 5.54 Å². The van der Waals surface area contributed by atoms with Gasteiger partial charge in [-0.2, -0.15) is 5.10 Å². The summed E-state index contributed by atoms with van der Waals surface area (Å²) in [4.78, 5) is 14.7. The van der Waals surface area contributed by atoms with E-state index in [2.05, 4.69) is 10.1 Å². The van der Waals surface area contributed by atoms with Gasteiger partial charge in [-0.3, -0.25) is 0 Å². The van der Waals surface area contributed by atoms with Crippen LogP contribution in [-0.2, 0) is 10.3 Å². The van der Waals surface area contributed by atoms with Crippen LogP contribution >= 0.6 is 0 Å². The molecular formula is C7H9N3O2. The molecule has 0 aromatic carbocycles. The van der Waals surface area contributed by atoms with Crippen molar-refractivity contribution in [1.82, 2.24) is 14.8 Å². The largest absolute Gasteiger partial charge is 0.479 e. The first-order valence-electron chi connectivity index (χ1n) is 3.84. The van der Waals surface area contributed by atoms with Gasteiger partial charge < -0.3 is 5.11 Å². The van der Waals surface area contributed by atoms with E-state index < -0.39 is 11.5 Å². The van der Waals surface area contributed by atoms with Crippen molar-refractivity contribution in [2.75, 3.05) is 0 Å². The minimum absolute atomic E-state index is 0.658. The summed E-state index contributed by atoms with van der Waals surface area (Å²) < 4.78 is 1.44. The molecule has 1 saturated carbocycles. The maximum absolute atomic E-state index is 10.9. The number of hydrogen-bond acceptors (Lipinski definition) is 3. The summed E-state index contributed by atoms with van der Waals surface area (Å²) in [6, 6.07) is 0. The molecule has 2 rings (SSSR count). The lowest BCUT2D eigenvalue weighted by molar-refractivity contribution is -0.153. The Hall–Kier alpha value is -1.39. The second kappa shape index (κ2) is 2.30. The summed E-state index contributed by atoms with van der Waals surface area (Å²) in [5, 5.41) is 12.8. The molecule has 1 aromatic rings. The van der Waals surface area contributed by atoms with Crippen LogP contribution in [0.5, 0.6) is 0 Å². The summed E-state index contributed by atoms with van der Waals surface area (Å²) in [5.74, 6) is -0.806. The molecule has 64 valence electrons. The molecule has 5 heteroatoms. The SMILES string of the molecule is O=C(O)C1(n2cncn2)CCC1. The highest BCUT2D eigenvalue weighted by molar-refractivity contribution is 5.77. The maximum Gasteiger partial charge on any atom is 0.331 e. The minimum atomic E-state index is -0.806. The van der Waals surface area contributed by atoms with Gasteiger partial charge in [-0.25, -0.2) is 14.5 Å². The van der Waals surface area contributed by atoms with E-state index in [0.29, 0.717) is 12.8 Å². The van der Waals surface area contributed by atoms with Crippen LogP contribution in [0.25, 0.3) is 0 Å². The van der Waals surface area contributed by atoms with Gasteiger partial charge in [-0.05, 0) is 19.3 Å². The van der Waals surface area contributed by atoms with Crippen molar-refractivity contribution in [1.29, 1.82) is 0 Å². The van der Waals surface area contributed by atoms with Crippen molar-refractivity contribution < 1.29 is 9.90 Å². The molecule has 1 aromatic heterocycles. The maximum atomic E-state index is 10.9. The van der Waals surface area contributed by atoms with Crippen LogP contribution in [0, 0.1) is 0 Å². The third-order valence-corrected chi connectivity index (χ3v) is 2.44. The van der Waals surface area contributed by atoms with Crippen molar-refractivity contribution in [2.45, 2.75) is 24.8 Å². The number of carbonyl (C=O) groups is 1. The zero-order chi connectivity index (χ0) is 8.60. The molecule has 1 aliphatic rings. The van der Waals surface area contributed by atoms with Gasteiger partial charge in [-0.1, -0.05) is 0 Å². The second-order valence-corrected chi connectivity index (χ2v) is 3.03. The van der Waals surface area contributed by atoms with Gasteiger partial charge in [0.25, 0.3) is 0 Å². The van der Waals surface area contributed by atoms with Gasteiger partial charge in [-0.15, -0.1) is 0 Å². The lowest BCUT2D eigenvalue weighted by atomic mass is 9.77. The van der Waals surface area contributed by atoms with Crippen LogP contribution < -0.4 is 0 Å². The Bertz CT molecular complexity index is 290. The summed E-state index contributed by atoms with van der Waals surface area (Å²) >= 11 is 0. The normalized spacial score (nSPS) is 20.0. The van der Waals surface area contributed by atoms with Gasteiger partial charge >= 0.3 is 5.97 Å². The quantitative estimate of drug-likeness (QED) is 0.685. The molecule has 5 nitrogen and oxygen atoms in total. The number of rotatable bonds is 2. The molecule has 0 amide bonds. The van der Waals surface area contributed by atoms with Gasteiger partial charge in [0, 0.05) is 0 Å². The van der Waals surface area contributed by atoms with Crippen molar-refractivity contribution in [3.8, 4) is 0 Å². The molecular weight excluding hydrogens is 158 g/mol. The number of carboxylic acids is 1. The fraction of sp³-hybridized carbons (Fsp3) is 0.571. The molecule has 1 heterocycles. The fourth-order valence-corrected chi connectivity index (χ4v) is 1.48. The predicted molar refractivity (Wildman–Crippen MR) is 39.5 cm³/mol. The third-order valence-electron chi connectivity index (χ3n) is 2.44. The number of nitrogens with zero attached hydrogens (tertiary/aromatic N) is 3. The first kappa shape index (κ1) is 7.27. The van der Waals surface area contributed by atoms with Gasteiger partial charge in [0.05, 0.1) is 0 Å². The van der Waals surface area contributed by atoms with Crippen molar-refractivity contribution in [3.63, 3.8) is 0 Å². The van der Waals surface area contributed by atoms with E-state index in [9.17, 15) is 4.79 Å². The van der Waals surface area contributed by atoms with Crippen LogP contribution in [0.4, 0.5) is 0 Å². The standard InChI is InChI=1S/C7H9N3O2/c11-6(12)7(2-1-3-7)10-5-8-4-9-10/h4-5H,1-3H2,(H,11,12). The molecule has 1 N–H and O–H groups in total. The number of aliphatic carboxylic acids is 1. The molecule has 1 aliphatic carbocycles. The minimum Gasteiger partial charge on any atom is -0.479 e. The lowest BCUT2D eigenvalue weighted by Crippen LogP contribution is -2.48. The summed E-state index contributed by atoms with van der Waals surface area (Å²) in [7, 11) is 0. The lowest BCUT2D eigenvalue weighted by Gasteiger charge is -2.37. The average Bonchev–Trinajstić information content (AvgIpc) is 2.35. The summed E-state index contributed by atoms with van der Waals surface area (Å²) in [6.07, 6.45) is 5.10. The van der Waals surface area contributed by atoms with Crippen LogP contribution in [0.15, 0.2) is 12.7 Å². The van der Waals surface area contributed by atoms with E-state index in [1.807, 2.05) is 0 Å². The molecule has 0 radical (unpaired) electrons. The number of aromatic nitrogens is 3. The van der Waals surface area contributed by atoms with E-state index in [-0.39, 0.29) is 0 Å². The highest BCUT2D eigenvalue weighted by Gasteiger charge is 2.47. The smallest absolute Gasteiger partial charge is 0.331 e. The highest BCUT2D eigenvalue weighted by Crippen LogP contribution is 2.38. The van der Waals surface area contributed by atoms with Crippen molar-refractivity contribution in [3.05, 3.63) is 12.7 Å². The Morgan fingerprint density at radius 2 is 2.33 bits per heavy atom. The molecule has 0 bridgehead atoms. The molecule has 0 unspecified atom stereocenters. The zero-order valence-corrected chi connectivity index (χ0v) is 6.47. The van der Waals surface area contributed by atoms with Crippen LogP contribution in [0.1, 0.15) is 19.3 Å². The average molecular weight is 167 g/mol. The molecule has 0 atom stereocenters. The fourth-order valence-electron chi connectivity index (χ4n) is 1.48. The van der Waals surface area contributed by atoms with E-state index in [4.69, 9.17) is 5.11 Å². The predicted octanol–water partition coefficient (Wildman–Crippen LogP) is 0.242. The number of hydrogen-bond donors (Lipinski definition) is 1. The molecule has 1 fully saturated rings. The zero-order valence-electron chi connectivity index (χ0n) is 6.47. The third kappa shape index (κ3) is 0.760. The molecule has 12 heavy (non-hydrogen) atoms.